The molecule has 5 rings (SSSR count). The van der Waals surface area contributed by atoms with Crippen LogP contribution in [0, 0.1) is 5.41 Å². The molecule has 0 unspecified atom stereocenters. The lowest BCUT2D eigenvalue weighted by atomic mass is 9.66. The van der Waals surface area contributed by atoms with Crippen molar-refractivity contribution in [1.29, 1.82) is 0 Å². The van der Waals surface area contributed by atoms with Gasteiger partial charge in [0.25, 0.3) is 5.91 Å². The van der Waals surface area contributed by atoms with Gasteiger partial charge in [0.1, 0.15) is 0 Å². The summed E-state index contributed by atoms with van der Waals surface area (Å²) in [6.45, 7) is 5.87. The van der Waals surface area contributed by atoms with Gasteiger partial charge in [-0.05, 0) is 107 Å². The van der Waals surface area contributed by atoms with E-state index < -0.39 is 25.6 Å². The van der Waals surface area contributed by atoms with Crippen LogP contribution in [0.15, 0.2) is 47.4 Å². The molecule has 2 saturated carbocycles. The number of carbonyl (C=O) groups excluding carboxylic acids is 1. The van der Waals surface area contributed by atoms with Gasteiger partial charge < -0.3 is 9.64 Å². The lowest BCUT2D eigenvalue weighted by Gasteiger charge is -2.38. The van der Waals surface area contributed by atoms with Crippen LogP contribution in [0.5, 0.6) is 0 Å². The van der Waals surface area contributed by atoms with Gasteiger partial charge in [-0.25, -0.2) is 21.6 Å². The minimum atomic E-state index is -3.82. The fourth-order valence-corrected chi connectivity index (χ4v) is 8.55. The third kappa shape index (κ3) is 5.93. The van der Waals surface area contributed by atoms with Crippen LogP contribution >= 0.6 is 0 Å². The summed E-state index contributed by atoms with van der Waals surface area (Å²) in [5.41, 5.74) is 1.98. The second-order valence-electron chi connectivity index (χ2n) is 12.7. The molecule has 3 aliphatic rings. The van der Waals surface area contributed by atoms with Crippen LogP contribution in [0.3, 0.4) is 0 Å². The van der Waals surface area contributed by atoms with Gasteiger partial charge in [0, 0.05) is 41.5 Å². The summed E-state index contributed by atoms with van der Waals surface area (Å²) in [6, 6.07) is 11.5. The van der Waals surface area contributed by atoms with Crippen molar-refractivity contribution in [3.8, 4) is 0 Å². The van der Waals surface area contributed by atoms with Crippen LogP contribution in [0.2, 0.25) is 0 Å². The van der Waals surface area contributed by atoms with E-state index in [1.54, 1.807) is 49.9 Å². The Morgan fingerprint density at radius 2 is 1.65 bits per heavy atom. The lowest BCUT2D eigenvalue weighted by Crippen LogP contribution is -2.41. The average molecular weight is 590 g/mol. The summed E-state index contributed by atoms with van der Waals surface area (Å²) in [5.74, 6) is -0.423. The van der Waals surface area contributed by atoms with E-state index in [0.29, 0.717) is 23.2 Å². The Kier molecular flexibility index (Phi) is 7.34. The van der Waals surface area contributed by atoms with Crippen molar-refractivity contribution in [3.05, 3.63) is 53.6 Å². The van der Waals surface area contributed by atoms with Crippen molar-refractivity contribution >= 4 is 37.3 Å². The average Bonchev–Trinajstić information content (AvgIpc) is 3.58. The van der Waals surface area contributed by atoms with Gasteiger partial charge in [-0.3, -0.25) is 9.52 Å². The number of methoxy groups -OCH3 is 1. The molecule has 0 bridgehead atoms. The first-order valence-electron chi connectivity index (χ1n) is 13.8. The van der Waals surface area contributed by atoms with Crippen LogP contribution in [0.25, 0.3) is 0 Å². The first kappa shape index (κ1) is 29.0. The largest absolute Gasteiger partial charge is 0.384 e. The predicted octanol–water partition coefficient (Wildman–Crippen LogP) is 4.40. The Morgan fingerprint density at radius 1 is 0.975 bits per heavy atom. The summed E-state index contributed by atoms with van der Waals surface area (Å²) in [7, 11) is -5.94. The van der Waals surface area contributed by atoms with Gasteiger partial charge in [0.15, 0.2) is 0 Å². The Bertz CT molecular complexity index is 1510. The number of anilines is 2. The molecule has 0 saturated heterocycles. The summed E-state index contributed by atoms with van der Waals surface area (Å²) in [4.78, 5) is 15.7. The summed E-state index contributed by atoms with van der Waals surface area (Å²) in [5, 5.41) is 0. The van der Waals surface area contributed by atoms with E-state index in [1.165, 1.54) is 32.1 Å². The maximum atomic E-state index is 14.0. The molecule has 9 nitrogen and oxygen atoms in total. The molecule has 2 aliphatic carbocycles. The molecule has 2 N–H and O–H groups in total. The van der Waals surface area contributed by atoms with Crippen LogP contribution < -0.4 is 14.3 Å². The second-order valence-corrected chi connectivity index (χ2v) is 16.2. The van der Waals surface area contributed by atoms with E-state index in [4.69, 9.17) is 4.74 Å². The third-order valence-corrected chi connectivity index (χ3v) is 11.5. The smallest absolute Gasteiger partial charge is 0.258 e. The minimum absolute atomic E-state index is 0.0385. The molecule has 2 spiro atoms. The summed E-state index contributed by atoms with van der Waals surface area (Å²) in [6.07, 6.45) is 6.53. The monoisotopic (exact) mass is 589 g/mol. The zero-order valence-electron chi connectivity index (χ0n) is 23.6. The van der Waals surface area contributed by atoms with E-state index in [2.05, 4.69) is 9.44 Å². The number of rotatable bonds is 8. The van der Waals surface area contributed by atoms with E-state index >= 15 is 0 Å². The topological polar surface area (TPSA) is 122 Å². The molecular weight excluding hydrogens is 550 g/mol. The second kappa shape index (κ2) is 10.1. The highest BCUT2D eigenvalue weighted by atomic mass is 32.2. The number of benzene rings is 2. The molecular formula is C29H39N3O6S2. The fourth-order valence-electron chi connectivity index (χ4n) is 6.11. The van der Waals surface area contributed by atoms with Crippen LogP contribution in [0.1, 0.15) is 75.2 Å². The number of hydrogen-bond acceptors (Lipinski definition) is 6. The lowest BCUT2D eigenvalue weighted by molar-refractivity contribution is 0.0980. The molecule has 0 atom stereocenters. The number of nitrogens with zero attached hydrogens (tertiary/aromatic N) is 1. The molecule has 1 amide bonds. The van der Waals surface area contributed by atoms with Crippen molar-refractivity contribution in [1.82, 2.24) is 4.72 Å². The van der Waals surface area contributed by atoms with E-state index in [1.807, 2.05) is 6.07 Å². The van der Waals surface area contributed by atoms with Gasteiger partial charge >= 0.3 is 0 Å². The van der Waals surface area contributed by atoms with Gasteiger partial charge in [0.2, 0.25) is 20.0 Å². The maximum Gasteiger partial charge on any atom is 0.258 e. The standard InChI is InChI=1S/C29H39N3O6S2/c1-27(2,3)31-40(36,37)23-7-5-6-21(18-23)26(33)32-20-29(14-12-28(10-11-28)13-15-29)24-19-22(8-9-25(24)32)30-39(34,35)17-16-38-4/h5-9,18-19,30-31H,10-17,20H2,1-4H3. The van der Waals surface area contributed by atoms with E-state index in [-0.39, 0.29) is 28.6 Å². The van der Waals surface area contributed by atoms with Crippen molar-refractivity contribution in [3.63, 3.8) is 0 Å². The molecule has 40 heavy (non-hydrogen) atoms. The molecule has 11 heteroatoms. The maximum absolute atomic E-state index is 14.0. The summed E-state index contributed by atoms with van der Waals surface area (Å²) >= 11 is 0. The molecule has 218 valence electrons. The molecule has 0 radical (unpaired) electrons. The van der Waals surface area contributed by atoms with Gasteiger partial charge in [-0.1, -0.05) is 6.07 Å². The number of fused-ring (bicyclic) bond motifs is 2. The van der Waals surface area contributed by atoms with Crippen molar-refractivity contribution in [2.45, 2.75) is 75.1 Å². The zero-order chi connectivity index (χ0) is 29.0. The number of ether oxygens (including phenoxy) is 1. The zero-order valence-corrected chi connectivity index (χ0v) is 25.3. The third-order valence-electron chi connectivity index (χ3n) is 8.45. The Hall–Kier alpha value is -2.47. The van der Waals surface area contributed by atoms with E-state index in [9.17, 15) is 21.6 Å². The van der Waals surface area contributed by atoms with Gasteiger partial charge in [0.05, 0.1) is 17.3 Å². The Labute approximate surface area is 237 Å². The first-order valence-corrected chi connectivity index (χ1v) is 16.9. The first-order chi connectivity index (χ1) is 18.7. The molecule has 0 aromatic heterocycles. The van der Waals surface area contributed by atoms with E-state index in [0.717, 1.165) is 36.9 Å². The van der Waals surface area contributed by atoms with Gasteiger partial charge in [-0.2, -0.15) is 0 Å². The minimum Gasteiger partial charge on any atom is -0.384 e. The van der Waals surface area contributed by atoms with Crippen molar-refractivity contribution in [2.75, 3.05) is 35.6 Å². The van der Waals surface area contributed by atoms with Gasteiger partial charge in [-0.15, -0.1) is 0 Å². The molecule has 1 heterocycles. The highest BCUT2D eigenvalue weighted by molar-refractivity contribution is 7.92. The number of carbonyl (C=O) groups is 1. The fraction of sp³-hybridized carbons (Fsp3) is 0.552. The number of hydrogen-bond donors (Lipinski definition) is 2. The quantitative estimate of drug-likeness (QED) is 0.471. The number of sulfonamides is 2. The normalized spacial score (nSPS) is 19.6. The Balaban J connectivity index is 1.48. The molecule has 1 aliphatic heterocycles. The highest BCUT2D eigenvalue weighted by Crippen LogP contribution is 2.62. The SMILES string of the molecule is COCCS(=O)(=O)Nc1ccc2c(c1)C1(CCC3(CC3)CC1)CN2C(=O)c1cccc(S(=O)(=O)NC(C)(C)C)c1. The van der Waals surface area contributed by atoms with Crippen LogP contribution in [0.4, 0.5) is 11.4 Å². The Morgan fingerprint density at radius 3 is 2.27 bits per heavy atom. The molecule has 2 aromatic rings. The van der Waals surface area contributed by atoms with Crippen molar-refractivity contribution in [2.24, 2.45) is 5.41 Å². The van der Waals surface area contributed by atoms with Crippen LogP contribution in [-0.4, -0.2) is 54.3 Å². The number of amides is 1. The predicted molar refractivity (Wildman–Crippen MR) is 156 cm³/mol. The van der Waals surface area contributed by atoms with Crippen LogP contribution in [-0.2, 0) is 30.2 Å². The number of nitrogens with one attached hydrogen (secondary N) is 2. The highest BCUT2D eigenvalue weighted by Gasteiger charge is 2.53. The molecule has 2 fully saturated rings. The van der Waals surface area contributed by atoms with Crippen molar-refractivity contribution < 1.29 is 26.4 Å². The molecule has 2 aromatic carbocycles. The summed E-state index contributed by atoms with van der Waals surface area (Å²) < 4.78 is 61.3.